The first-order valence-corrected chi connectivity index (χ1v) is 8.82. The van der Waals surface area contributed by atoms with Gasteiger partial charge in [0.1, 0.15) is 0 Å². The van der Waals surface area contributed by atoms with Crippen molar-refractivity contribution in [3.05, 3.63) is 41.0 Å². The molecule has 0 saturated carbocycles. The summed E-state index contributed by atoms with van der Waals surface area (Å²) in [4.78, 5) is 2.52. The van der Waals surface area contributed by atoms with Crippen LogP contribution in [0.5, 0.6) is 0 Å². The third-order valence-corrected chi connectivity index (χ3v) is 4.78. The van der Waals surface area contributed by atoms with E-state index in [1.807, 2.05) is 0 Å². The predicted molar refractivity (Wildman–Crippen MR) is 99.9 cm³/mol. The average molecular weight is 316 g/mol. The molecule has 2 nitrogen and oxygen atoms in total. The van der Waals surface area contributed by atoms with Crippen LogP contribution in [-0.4, -0.2) is 36.7 Å². The van der Waals surface area contributed by atoms with E-state index in [1.54, 1.807) is 0 Å². The van der Waals surface area contributed by atoms with Crippen molar-refractivity contribution in [3.63, 3.8) is 0 Å². The second-order valence-corrected chi connectivity index (χ2v) is 8.18. The van der Waals surface area contributed by atoms with Crippen molar-refractivity contribution in [2.75, 3.05) is 19.6 Å². The lowest BCUT2D eigenvalue weighted by Gasteiger charge is -2.35. The van der Waals surface area contributed by atoms with Gasteiger partial charge in [0, 0.05) is 19.6 Å². The first kappa shape index (κ1) is 18.2. The van der Waals surface area contributed by atoms with Gasteiger partial charge in [0.25, 0.3) is 0 Å². The molecule has 0 aromatic heterocycles. The minimum absolute atomic E-state index is 0.214. The minimum Gasteiger partial charge on any atom is -0.373 e. The summed E-state index contributed by atoms with van der Waals surface area (Å²) in [7, 11) is 0. The SMILES string of the molecule is CC(CN1CC(C)OC(C)C1)=C(C)c1ccc(C(C)(C)C)cc1. The van der Waals surface area contributed by atoms with E-state index in [0.717, 1.165) is 19.6 Å². The summed E-state index contributed by atoms with van der Waals surface area (Å²) in [5.41, 5.74) is 5.80. The van der Waals surface area contributed by atoms with Crippen molar-refractivity contribution in [2.24, 2.45) is 0 Å². The summed E-state index contributed by atoms with van der Waals surface area (Å²) in [5, 5.41) is 0. The van der Waals surface area contributed by atoms with Crippen LogP contribution in [0.3, 0.4) is 0 Å². The van der Waals surface area contributed by atoms with E-state index in [1.165, 1.54) is 22.3 Å². The highest BCUT2D eigenvalue weighted by atomic mass is 16.5. The number of hydrogen-bond acceptors (Lipinski definition) is 2. The van der Waals surface area contributed by atoms with Gasteiger partial charge >= 0.3 is 0 Å². The Bertz CT molecular complexity index is 540. The molecule has 1 fully saturated rings. The highest BCUT2D eigenvalue weighted by molar-refractivity contribution is 5.67. The van der Waals surface area contributed by atoms with E-state index in [0.29, 0.717) is 12.2 Å². The van der Waals surface area contributed by atoms with Gasteiger partial charge in [0.15, 0.2) is 0 Å². The van der Waals surface area contributed by atoms with Gasteiger partial charge in [0.2, 0.25) is 0 Å². The summed E-state index contributed by atoms with van der Waals surface area (Å²) < 4.78 is 5.83. The smallest absolute Gasteiger partial charge is 0.0678 e. The Balaban J connectivity index is 2.10. The lowest BCUT2D eigenvalue weighted by Crippen LogP contribution is -2.45. The monoisotopic (exact) mass is 315 g/mol. The molecular formula is C21H33NO. The van der Waals surface area contributed by atoms with Gasteiger partial charge < -0.3 is 4.74 Å². The summed E-state index contributed by atoms with van der Waals surface area (Å²) in [5.74, 6) is 0. The van der Waals surface area contributed by atoms with Crippen LogP contribution in [0, 0.1) is 0 Å². The van der Waals surface area contributed by atoms with Gasteiger partial charge in [-0.25, -0.2) is 0 Å². The van der Waals surface area contributed by atoms with Crippen LogP contribution in [0.25, 0.3) is 5.57 Å². The number of nitrogens with zero attached hydrogens (tertiary/aromatic N) is 1. The molecule has 1 saturated heterocycles. The normalized spacial score (nSPS) is 24.5. The third kappa shape index (κ3) is 4.92. The van der Waals surface area contributed by atoms with Crippen molar-refractivity contribution in [3.8, 4) is 0 Å². The molecule has 2 unspecified atom stereocenters. The Morgan fingerprint density at radius 2 is 1.57 bits per heavy atom. The lowest BCUT2D eigenvalue weighted by atomic mass is 9.86. The van der Waals surface area contributed by atoms with E-state index in [2.05, 4.69) is 77.6 Å². The second kappa shape index (κ2) is 7.19. The standard InChI is InChI=1S/C21H33NO/c1-15(12-22-13-16(2)23-17(3)14-22)18(4)19-8-10-20(11-9-19)21(5,6)7/h8-11,16-17H,12-14H2,1-7H3. The number of allylic oxidation sites excluding steroid dienone is 1. The van der Waals surface area contributed by atoms with E-state index in [-0.39, 0.29) is 5.41 Å². The van der Waals surface area contributed by atoms with E-state index < -0.39 is 0 Å². The highest BCUT2D eigenvalue weighted by Crippen LogP contribution is 2.26. The largest absolute Gasteiger partial charge is 0.373 e. The Kier molecular flexibility index (Phi) is 5.70. The zero-order chi connectivity index (χ0) is 17.2. The van der Waals surface area contributed by atoms with Gasteiger partial charge in [0.05, 0.1) is 12.2 Å². The summed E-state index contributed by atoms with van der Waals surface area (Å²) in [6.45, 7) is 18.7. The number of benzene rings is 1. The maximum atomic E-state index is 5.83. The van der Waals surface area contributed by atoms with Gasteiger partial charge in [-0.3, -0.25) is 4.90 Å². The fourth-order valence-corrected chi connectivity index (χ4v) is 3.33. The molecular weight excluding hydrogens is 282 g/mol. The zero-order valence-electron chi connectivity index (χ0n) is 15.9. The molecule has 0 spiro atoms. The molecule has 2 rings (SSSR count). The van der Waals surface area contributed by atoms with Gasteiger partial charge in [-0.1, -0.05) is 50.6 Å². The Morgan fingerprint density at radius 3 is 2.04 bits per heavy atom. The molecule has 2 atom stereocenters. The van der Waals surface area contributed by atoms with E-state index in [9.17, 15) is 0 Å². The van der Waals surface area contributed by atoms with Crippen LogP contribution in [0.1, 0.15) is 59.6 Å². The highest BCUT2D eigenvalue weighted by Gasteiger charge is 2.22. The van der Waals surface area contributed by atoms with Gasteiger partial charge in [-0.15, -0.1) is 0 Å². The summed E-state index contributed by atoms with van der Waals surface area (Å²) in [6.07, 6.45) is 0.663. The van der Waals surface area contributed by atoms with Gasteiger partial charge in [-0.2, -0.15) is 0 Å². The second-order valence-electron chi connectivity index (χ2n) is 8.18. The molecule has 1 aromatic carbocycles. The van der Waals surface area contributed by atoms with E-state index >= 15 is 0 Å². The number of morpholine rings is 1. The van der Waals surface area contributed by atoms with Crippen LogP contribution >= 0.6 is 0 Å². The molecule has 0 N–H and O–H groups in total. The van der Waals surface area contributed by atoms with Crippen LogP contribution in [0.2, 0.25) is 0 Å². The lowest BCUT2D eigenvalue weighted by molar-refractivity contribution is -0.0652. The summed E-state index contributed by atoms with van der Waals surface area (Å²) in [6, 6.07) is 9.07. The number of rotatable bonds is 3. The quantitative estimate of drug-likeness (QED) is 0.787. The van der Waals surface area contributed by atoms with Crippen molar-refractivity contribution < 1.29 is 4.74 Å². The van der Waals surface area contributed by atoms with Crippen LogP contribution in [-0.2, 0) is 10.2 Å². The molecule has 23 heavy (non-hydrogen) atoms. The molecule has 0 aliphatic carbocycles. The topological polar surface area (TPSA) is 12.5 Å². The molecule has 1 aliphatic heterocycles. The maximum Gasteiger partial charge on any atom is 0.0678 e. The molecule has 1 aliphatic rings. The Morgan fingerprint density at radius 1 is 1.04 bits per heavy atom. The van der Waals surface area contributed by atoms with Crippen LogP contribution in [0.4, 0.5) is 0 Å². The van der Waals surface area contributed by atoms with Crippen molar-refractivity contribution in [1.29, 1.82) is 0 Å². The molecule has 1 aromatic rings. The Hall–Kier alpha value is -1.12. The first-order valence-electron chi connectivity index (χ1n) is 8.82. The van der Waals surface area contributed by atoms with Crippen molar-refractivity contribution in [1.82, 2.24) is 4.90 Å². The fraction of sp³-hybridized carbons (Fsp3) is 0.619. The number of ether oxygens (including phenoxy) is 1. The fourth-order valence-electron chi connectivity index (χ4n) is 3.33. The van der Waals surface area contributed by atoms with Crippen molar-refractivity contribution in [2.45, 2.75) is 66.1 Å². The molecule has 0 amide bonds. The van der Waals surface area contributed by atoms with Gasteiger partial charge in [-0.05, 0) is 49.8 Å². The predicted octanol–water partition coefficient (Wildman–Crippen LogP) is 4.89. The molecule has 1 heterocycles. The number of hydrogen-bond donors (Lipinski definition) is 0. The Labute approximate surface area is 142 Å². The zero-order valence-corrected chi connectivity index (χ0v) is 15.9. The molecule has 0 bridgehead atoms. The van der Waals surface area contributed by atoms with E-state index in [4.69, 9.17) is 4.74 Å². The maximum absolute atomic E-state index is 5.83. The molecule has 2 heteroatoms. The average Bonchev–Trinajstić information content (AvgIpc) is 2.44. The first-order chi connectivity index (χ1) is 10.7. The minimum atomic E-state index is 0.214. The third-order valence-electron chi connectivity index (χ3n) is 4.78. The molecule has 128 valence electrons. The summed E-state index contributed by atoms with van der Waals surface area (Å²) >= 11 is 0. The molecule has 0 radical (unpaired) electrons. The van der Waals surface area contributed by atoms with Crippen LogP contribution in [0.15, 0.2) is 29.8 Å². The van der Waals surface area contributed by atoms with Crippen molar-refractivity contribution >= 4 is 5.57 Å². The van der Waals surface area contributed by atoms with Crippen LogP contribution < -0.4 is 0 Å².